The standard InChI is InChI=1S/4C4H5N.6C4H10.C3H4N2.C2H3N3.CH4/c4*1-2-4-5-3-1;6*1-4(2)3;1-2-5-3-4-1;1-2-4-5-3-1;/h2*1,3-4H,2H2;1-3H,4H2;1-5H;6*4H,1-3H3;1-3H,(H,4,5);1-2H,(H,3,4,5);1H4. The van der Waals surface area contributed by atoms with E-state index in [9.17, 15) is 0 Å². The lowest BCUT2D eigenvalue weighted by Gasteiger charge is -1.79. The van der Waals surface area contributed by atoms with E-state index in [2.05, 4.69) is 170 Å². The van der Waals surface area contributed by atoms with Crippen LogP contribution in [-0.4, -0.2) is 55.6 Å². The van der Waals surface area contributed by atoms with E-state index in [-0.39, 0.29) is 7.43 Å². The van der Waals surface area contributed by atoms with Crippen LogP contribution >= 0.6 is 0 Å². The number of aromatic amines is 3. The molecule has 0 saturated heterocycles. The Morgan fingerprint density at radius 1 is 0.473 bits per heavy atom. The molecule has 6 heterocycles. The SMILES string of the molecule is C.C1=CCN=C1.C1=CN=CC1.C1=CN=CC1.CC(C)C.CC(C)C.CC(C)C.CC(C)C.CC(C)C.CC(C)C.c1c[nH]cn1.c1cc[nH]c1.c1cn[nH]n1. The molecule has 0 saturated carbocycles. The molecule has 0 unspecified atom stereocenters. The highest BCUT2D eigenvalue weighted by molar-refractivity contribution is 5.73. The smallest absolute Gasteiger partial charge is 0.0919 e. The minimum absolute atomic E-state index is 0. The zero-order valence-corrected chi connectivity index (χ0v) is 38.2. The van der Waals surface area contributed by atoms with E-state index in [1.807, 2.05) is 61.3 Å². The molecule has 3 aliphatic rings. The largest absolute Gasteiger partial charge is 0.368 e. The van der Waals surface area contributed by atoms with Crippen LogP contribution < -0.4 is 0 Å². The number of rotatable bonds is 0. The normalized spacial score (nSPS) is 10.9. The summed E-state index contributed by atoms with van der Waals surface area (Å²) in [6.07, 6.45) is 31.2. The monoisotopic (exact) mass is 770 g/mol. The Labute approximate surface area is 342 Å². The Kier molecular flexibility index (Phi) is 73.9. The molecule has 0 aliphatic carbocycles. The van der Waals surface area contributed by atoms with Crippen LogP contribution in [-0.2, 0) is 0 Å². The highest BCUT2D eigenvalue weighted by atomic mass is 15.3. The van der Waals surface area contributed by atoms with Gasteiger partial charge in [-0.15, -0.1) is 0 Å². The van der Waals surface area contributed by atoms with Gasteiger partial charge in [-0.05, 0) is 53.7 Å². The van der Waals surface area contributed by atoms with Crippen molar-refractivity contribution in [2.45, 2.75) is 145 Å². The van der Waals surface area contributed by atoms with Crippen LogP contribution in [0.2, 0.25) is 0 Å². The van der Waals surface area contributed by atoms with Gasteiger partial charge in [0, 0.05) is 68.7 Å². The Balaban J connectivity index is -0.0000000915. The Hall–Kier alpha value is -4.14. The van der Waals surface area contributed by atoms with Crippen molar-refractivity contribution in [1.29, 1.82) is 0 Å². The van der Waals surface area contributed by atoms with Gasteiger partial charge in [0.2, 0.25) is 0 Å². The predicted molar refractivity (Wildman–Crippen MR) is 253 cm³/mol. The Morgan fingerprint density at radius 2 is 0.855 bits per heavy atom. The van der Waals surface area contributed by atoms with E-state index in [1.54, 1.807) is 49.7 Å². The summed E-state index contributed by atoms with van der Waals surface area (Å²) in [5.41, 5.74) is 0. The first kappa shape index (κ1) is 65.7. The second-order valence-electron chi connectivity index (χ2n) is 15.5. The molecule has 3 aromatic rings. The topological polar surface area (TPSA) is 123 Å². The number of hydrogen-bond donors (Lipinski definition) is 3. The number of aliphatic imine (C=N–C) groups is 3. The first-order valence-electron chi connectivity index (χ1n) is 19.7. The fraction of sp³-hybridized carbons (Fsp3) is 0.609. The van der Waals surface area contributed by atoms with Gasteiger partial charge in [-0.25, -0.2) is 4.98 Å². The molecule has 0 amide bonds. The quantitative estimate of drug-likeness (QED) is 0.211. The molecule has 0 spiro atoms. The molecule has 6 rings (SSSR count). The third-order valence-electron chi connectivity index (χ3n) is 2.85. The Bertz CT molecular complexity index is 843. The number of H-pyrrole nitrogens is 3. The molecule has 9 heteroatoms. The molecular formula is C46H91N9. The van der Waals surface area contributed by atoms with Crippen LogP contribution in [0.5, 0.6) is 0 Å². The summed E-state index contributed by atoms with van der Waals surface area (Å²) in [6, 6.07) is 3.89. The van der Waals surface area contributed by atoms with Crippen LogP contribution in [0.4, 0.5) is 0 Å². The maximum atomic E-state index is 3.85. The number of allylic oxidation sites excluding steroid dienone is 3. The van der Waals surface area contributed by atoms with Crippen molar-refractivity contribution in [1.82, 2.24) is 30.4 Å². The van der Waals surface area contributed by atoms with Gasteiger partial charge in [-0.3, -0.25) is 15.0 Å². The zero-order valence-electron chi connectivity index (χ0n) is 38.2. The van der Waals surface area contributed by atoms with Crippen LogP contribution in [0, 0.1) is 35.5 Å². The maximum Gasteiger partial charge on any atom is 0.0919 e. The molecular weight excluding hydrogens is 679 g/mol. The molecule has 55 heavy (non-hydrogen) atoms. The number of imidazole rings is 1. The lowest BCUT2D eigenvalue weighted by atomic mass is 10.3. The molecule has 320 valence electrons. The molecule has 9 nitrogen and oxygen atoms in total. The average molecular weight is 770 g/mol. The minimum atomic E-state index is 0. The van der Waals surface area contributed by atoms with Gasteiger partial charge in [-0.2, -0.15) is 15.4 Å². The summed E-state index contributed by atoms with van der Waals surface area (Å²) >= 11 is 0. The fourth-order valence-electron chi connectivity index (χ4n) is 1.57. The molecule has 0 fully saturated rings. The molecule has 0 bridgehead atoms. The number of nitrogens with one attached hydrogen (secondary N) is 3. The van der Waals surface area contributed by atoms with Crippen LogP contribution in [0.3, 0.4) is 0 Å². The summed E-state index contributed by atoms with van der Waals surface area (Å²) in [6.45, 7) is 39.9. The number of nitrogens with zero attached hydrogens (tertiary/aromatic N) is 6. The summed E-state index contributed by atoms with van der Waals surface area (Å²) in [7, 11) is 0. The molecule has 0 atom stereocenters. The van der Waals surface area contributed by atoms with Crippen molar-refractivity contribution in [2.75, 3.05) is 6.54 Å². The summed E-state index contributed by atoms with van der Waals surface area (Å²) in [5, 5.41) is 9.33. The first-order valence-corrected chi connectivity index (χ1v) is 19.7. The average Bonchev–Trinajstić information content (AvgIpc) is 3.92. The van der Waals surface area contributed by atoms with Crippen molar-refractivity contribution in [3.8, 4) is 0 Å². The molecule has 3 aliphatic heterocycles. The zero-order chi connectivity index (χ0) is 42.7. The maximum absolute atomic E-state index is 3.85. The summed E-state index contributed by atoms with van der Waals surface area (Å²) in [4.78, 5) is 20.7. The molecule has 3 aromatic heterocycles. The highest BCUT2D eigenvalue weighted by Gasteiger charge is 1.75. The second kappa shape index (κ2) is 61.9. The van der Waals surface area contributed by atoms with E-state index in [1.165, 1.54) is 0 Å². The van der Waals surface area contributed by atoms with E-state index in [4.69, 9.17) is 0 Å². The van der Waals surface area contributed by atoms with E-state index in [0.29, 0.717) is 0 Å². The van der Waals surface area contributed by atoms with Gasteiger partial charge < -0.3 is 9.97 Å². The van der Waals surface area contributed by atoms with Crippen molar-refractivity contribution < 1.29 is 0 Å². The fourth-order valence-corrected chi connectivity index (χ4v) is 1.57. The third-order valence-corrected chi connectivity index (χ3v) is 2.85. The van der Waals surface area contributed by atoms with Gasteiger partial charge in [-0.1, -0.05) is 150 Å². The van der Waals surface area contributed by atoms with Crippen LogP contribution in [0.15, 0.2) is 107 Å². The summed E-state index contributed by atoms with van der Waals surface area (Å²) < 4.78 is 0. The van der Waals surface area contributed by atoms with Crippen LogP contribution in [0.1, 0.15) is 145 Å². The van der Waals surface area contributed by atoms with Crippen LogP contribution in [0.25, 0.3) is 0 Å². The molecule has 0 aromatic carbocycles. The van der Waals surface area contributed by atoms with Gasteiger partial charge in [0.25, 0.3) is 0 Å². The van der Waals surface area contributed by atoms with Gasteiger partial charge in [0.1, 0.15) is 0 Å². The Morgan fingerprint density at radius 3 is 0.945 bits per heavy atom. The lowest BCUT2D eigenvalue weighted by Crippen LogP contribution is -1.66. The van der Waals surface area contributed by atoms with E-state index < -0.39 is 0 Å². The third kappa shape index (κ3) is 171. The molecule has 0 radical (unpaired) electrons. The van der Waals surface area contributed by atoms with Gasteiger partial charge >= 0.3 is 0 Å². The van der Waals surface area contributed by atoms with Crippen molar-refractivity contribution >= 4 is 18.6 Å². The van der Waals surface area contributed by atoms with Gasteiger partial charge in [0.15, 0.2) is 0 Å². The lowest BCUT2D eigenvalue weighted by molar-refractivity contribution is 0.736. The first-order chi connectivity index (χ1) is 25.4. The highest BCUT2D eigenvalue weighted by Crippen LogP contribution is 1.87. The minimum Gasteiger partial charge on any atom is -0.368 e. The van der Waals surface area contributed by atoms with Crippen molar-refractivity contribution in [2.24, 2.45) is 50.5 Å². The van der Waals surface area contributed by atoms with Gasteiger partial charge in [0.05, 0.1) is 25.3 Å². The van der Waals surface area contributed by atoms with E-state index in [0.717, 1.165) is 54.9 Å². The number of aromatic nitrogens is 6. The summed E-state index contributed by atoms with van der Waals surface area (Å²) in [5.74, 6) is 5.00. The second-order valence-corrected chi connectivity index (χ2v) is 15.5. The van der Waals surface area contributed by atoms with E-state index >= 15 is 0 Å². The van der Waals surface area contributed by atoms with Crippen molar-refractivity contribution in [3.05, 3.63) is 92.3 Å². The van der Waals surface area contributed by atoms with Crippen molar-refractivity contribution in [3.63, 3.8) is 0 Å². The predicted octanol–water partition coefficient (Wildman–Crippen LogP) is 14.4. The molecule has 3 N–H and O–H groups in total. The number of hydrogen-bond acceptors (Lipinski definition) is 6.